The lowest BCUT2D eigenvalue weighted by Gasteiger charge is -1.82. The summed E-state index contributed by atoms with van der Waals surface area (Å²) in [6.45, 7) is 0. The second-order valence-electron chi connectivity index (χ2n) is 1.85. The van der Waals surface area contributed by atoms with Crippen molar-refractivity contribution in [3.8, 4) is 11.4 Å². The van der Waals surface area contributed by atoms with E-state index in [9.17, 15) is 0 Å². The monoisotopic (exact) mass is 135 g/mol. The molecule has 10 heavy (non-hydrogen) atoms. The molecule has 2 aromatic rings. The summed E-state index contributed by atoms with van der Waals surface area (Å²) in [7, 11) is 0. The summed E-state index contributed by atoms with van der Waals surface area (Å²) in [6, 6.07) is 1.77. The van der Waals surface area contributed by atoms with Gasteiger partial charge in [0.2, 0.25) is 0 Å². The highest BCUT2D eigenvalue weighted by Gasteiger charge is 1.99. The number of hydrogen-bond donors (Lipinski definition) is 1. The third-order valence-electron chi connectivity index (χ3n) is 1.21. The molecule has 2 heterocycles. The largest absolute Gasteiger partial charge is 0.364 e. The Morgan fingerprint density at radius 3 is 3.10 bits per heavy atom. The fraction of sp³-hybridized carbons (Fsp3) is 0. The van der Waals surface area contributed by atoms with Crippen LogP contribution in [-0.4, -0.2) is 15.1 Å². The van der Waals surface area contributed by atoms with Crippen molar-refractivity contribution in [2.75, 3.05) is 0 Å². The third-order valence-corrected chi connectivity index (χ3v) is 1.21. The highest BCUT2D eigenvalue weighted by molar-refractivity contribution is 5.50. The average molecular weight is 135 g/mol. The Balaban J connectivity index is 2.48. The molecule has 4 nitrogen and oxygen atoms in total. The summed E-state index contributed by atoms with van der Waals surface area (Å²) in [6.07, 6.45) is 4.82. The lowest BCUT2D eigenvalue weighted by Crippen LogP contribution is -1.73. The van der Waals surface area contributed by atoms with E-state index in [4.69, 9.17) is 0 Å². The predicted octanol–water partition coefficient (Wildman–Crippen LogP) is 1.06. The molecule has 2 rings (SSSR count). The summed E-state index contributed by atoms with van der Waals surface area (Å²) in [5, 5.41) is 3.71. The maximum atomic E-state index is 4.64. The SMILES string of the molecule is c1ncc(-c2ccon2)[nH]1. The number of H-pyrrole nitrogens is 1. The minimum absolute atomic E-state index is 0.775. The van der Waals surface area contributed by atoms with Gasteiger partial charge in [0.1, 0.15) is 12.0 Å². The van der Waals surface area contributed by atoms with Crippen LogP contribution in [0.3, 0.4) is 0 Å². The molecule has 0 aliphatic heterocycles. The van der Waals surface area contributed by atoms with Crippen molar-refractivity contribution in [3.63, 3.8) is 0 Å². The van der Waals surface area contributed by atoms with Crippen LogP contribution in [0.15, 0.2) is 29.4 Å². The summed E-state index contributed by atoms with van der Waals surface area (Å²) in [4.78, 5) is 6.75. The van der Waals surface area contributed by atoms with Crippen molar-refractivity contribution in [1.82, 2.24) is 15.1 Å². The molecular weight excluding hydrogens is 130 g/mol. The molecule has 0 aliphatic carbocycles. The maximum Gasteiger partial charge on any atom is 0.131 e. The van der Waals surface area contributed by atoms with E-state index in [0.717, 1.165) is 11.4 Å². The van der Waals surface area contributed by atoms with Gasteiger partial charge in [-0.15, -0.1) is 0 Å². The fourth-order valence-electron chi connectivity index (χ4n) is 0.747. The summed E-state index contributed by atoms with van der Waals surface area (Å²) in [5.74, 6) is 0. The minimum Gasteiger partial charge on any atom is -0.364 e. The van der Waals surface area contributed by atoms with Gasteiger partial charge in [0, 0.05) is 6.07 Å². The van der Waals surface area contributed by atoms with Gasteiger partial charge in [-0.2, -0.15) is 0 Å². The number of aromatic nitrogens is 3. The number of imidazole rings is 1. The summed E-state index contributed by atoms with van der Waals surface area (Å²) >= 11 is 0. The van der Waals surface area contributed by atoms with E-state index < -0.39 is 0 Å². The molecule has 0 atom stereocenters. The first-order chi connectivity index (χ1) is 4.97. The maximum absolute atomic E-state index is 4.64. The van der Waals surface area contributed by atoms with Crippen LogP contribution in [0, 0.1) is 0 Å². The molecule has 4 heteroatoms. The predicted molar refractivity (Wildman–Crippen MR) is 34.1 cm³/mol. The van der Waals surface area contributed by atoms with E-state index in [1.807, 2.05) is 0 Å². The highest BCUT2D eigenvalue weighted by atomic mass is 16.5. The number of aromatic amines is 1. The number of hydrogen-bond acceptors (Lipinski definition) is 3. The van der Waals surface area contributed by atoms with Gasteiger partial charge in [-0.05, 0) is 0 Å². The topological polar surface area (TPSA) is 54.7 Å². The molecule has 2 aromatic heterocycles. The van der Waals surface area contributed by atoms with Crippen molar-refractivity contribution in [2.45, 2.75) is 0 Å². The normalized spacial score (nSPS) is 10.0. The highest BCUT2D eigenvalue weighted by Crippen LogP contribution is 2.10. The quantitative estimate of drug-likeness (QED) is 0.636. The average Bonchev–Trinajstić information content (AvgIpc) is 2.59. The first-order valence-corrected chi connectivity index (χ1v) is 2.86. The molecule has 0 fully saturated rings. The molecule has 0 aliphatic rings. The molecule has 0 radical (unpaired) electrons. The van der Waals surface area contributed by atoms with Crippen molar-refractivity contribution < 1.29 is 4.52 Å². The van der Waals surface area contributed by atoms with E-state index in [0.29, 0.717) is 0 Å². The zero-order valence-corrected chi connectivity index (χ0v) is 5.11. The minimum atomic E-state index is 0.775. The van der Waals surface area contributed by atoms with E-state index in [1.54, 1.807) is 18.6 Å². The Hall–Kier alpha value is -1.58. The van der Waals surface area contributed by atoms with Crippen molar-refractivity contribution in [1.29, 1.82) is 0 Å². The lowest BCUT2D eigenvalue weighted by molar-refractivity contribution is 0.422. The molecule has 0 amide bonds. The van der Waals surface area contributed by atoms with Crippen LogP contribution in [0.5, 0.6) is 0 Å². The first kappa shape index (κ1) is 5.22. The summed E-state index contributed by atoms with van der Waals surface area (Å²) < 4.78 is 4.64. The van der Waals surface area contributed by atoms with Crippen molar-refractivity contribution in [3.05, 3.63) is 24.9 Å². The first-order valence-electron chi connectivity index (χ1n) is 2.86. The molecule has 0 aromatic carbocycles. The Morgan fingerprint density at radius 2 is 2.50 bits per heavy atom. The summed E-state index contributed by atoms with van der Waals surface area (Å²) in [5.41, 5.74) is 1.64. The molecule has 0 bridgehead atoms. The van der Waals surface area contributed by atoms with E-state index in [1.165, 1.54) is 6.26 Å². The molecule has 1 N–H and O–H groups in total. The van der Waals surface area contributed by atoms with Crippen LogP contribution in [0.25, 0.3) is 11.4 Å². The van der Waals surface area contributed by atoms with Gasteiger partial charge in [0.05, 0.1) is 18.2 Å². The van der Waals surface area contributed by atoms with Gasteiger partial charge in [-0.25, -0.2) is 4.98 Å². The van der Waals surface area contributed by atoms with Gasteiger partial charge in [-0.1, -0.05) is 5.16 Å². The standard InChI is InChI=1S/C6H5N3O/c1-2-10-9-5(1)6-3-7-4-8-6/h1-4H,(H,7,8). The van der Waals surface area contributed by atoms with Crippen LogP contribution < -0.4 is 0 Å². The van der Waals surface area contributed by atoms with Gasteiger partial charge in [0.25, 0.3) is 0 Å². The molecule has 0 unspecified atom stereocenters. The Morgan fingerprint density at radius 1 is 1.50 bits per heavy atom. The van der Waals surface area contributed by atoms with E-state index in [-0.39, 0.29) is 0 Å². The van der Waals surface area contributed by atoms with Crippen LogP contribution in [0.4, 0.5) is 0 Å². The number of nitrogens with zero attached hydrogens (tertiary/aromatic N) is 2. The Kier molecular flexibility index (Phi) is 1.04. The van der Waals surface area contributed by atoms with Crippen LogP contribution >= 0.6 is 0 Å². The number of rotatable bonds is 1. The second kappa shape index (κ2) is 1.98. The van der Waals surface area contributed by atoms with Crippen LogP contribution in [0.1, 0.15) is 0 Å². The van der Waals surface area contributed by atoms with E-state index in [2.05, 4.69) is 19.6 Å². The zero-order valence-electron chi connectivity index (χ0n) is 5.11. The van der Waals surface area contributed by atoms with Gasteiger partial charge < -0.3 is 9.51 Å². The van der Waals surface area contributed by atoms with Crippen molar-refractivity contribution >= 4 is 0 Å². The van der Waals surface area contributed by atoms with Gasteiger partial charge in [-0.3, -0.25) is 0 Å². The molecule has 0 saturated carbocycles. The Bertz CT molecular complexity index is 252. The molecule has 0 spiro atoms. The fourth-order valence-corrected chi connectivity index (χ4v) is 0.747. The third kappa shape index (κ3) is 0.699. The Labute approximate surface area is 56.9 Å². The smallest absolute Gasteiger partial charge is 0.131 e. The van der Waals surface area contributed by atoms with Crippen LogP contribution in [-0.2, 0) is 0 Å². The van der Waals surface area contributed by atoms with Gasteiger partial charge in [0.15, 0.2) is 0 Å². The van der Waals surface area contributed by atoms with Crippen LogP contribution in [0.2, 0.25) is 0 Å². The van der Waals surface area contributed by atoms with Gasteiger partial charge >= 0.3 is 0 Å². The van der Waals surface area contributed by atoms with E-state index >= 15 is 0 Å². The van der Waals surface area contributed by atoms with Crippen molar-refractivity contribution in [2.24, 2.45) is 0 Å². The second-order valence-corrected chi connectivity index (χ2v) is 1.85. The molecule has 50 valence electrons. The molecule has 0 saturated heterocycles. The molecular formula is C6H5N3O. The zero-order chi connectivity index (χ0) is 6.81. The number of nitrogens with one attached hydrogen (secondary N) is 1. The lowest BCUT2D eigenvalue weighted by atomic mass is 10.3.